The normalized spacial score (nSPS) is 12.0. The molecular formula is C7H10O. The molecule has 0 heterocycles. The van der Waals surface area contributed by atoms with Crippen molar-refractivity contribution < 1.29 is 4.79 Å². The average molecular weight is 110 g/mol. The summed E-state index contributed by atoms with van der Waals surface area (Å²) >= 11 is 0. The van der Waals surface area contributed by atoms with Crippen molar-refractivity contribution in [2.45, 2.75) is 19.8 Å². The molecule has 44 valence electrons. The van der Waals surface area contributed by atoms with E-state index in [1.165, 1.54) is 0 Å². The van der Waals surface area contributed by atoms with Gasteiger partial charge in [0.25, 0.3) is 0 Å². The fraction of sp³-hybridized carbons (Fsp3) is 0.571. The molecule has 1 nitrogen and oxygen atoms in total. The van der Waals surface area contributed by atoms with Gasteiger partial charge in [0.15, 0.2) is 0 Å². The molecule has 0 radical (unpaired) electrons. The van der Waals surface area contributed by atoms with Crippen LogP contribution in [0.25, 0.3) is 0 Å². The molecule has 0 aliphatic heterocycles. The van der Waals surface area contributed by atoms with E-state index in [1.54, 1.807) is 0 Å². The van der Waals surface area contributed by atoms with Crippen LogP contribution in [0.2, 0.25) is 0 Å². The molecule has 0 amide bonds. The van der Waals surface area contributed by atoms with Crippen molar-refractivity contribution in [1.29, 1.82) is 0 Å². The Labute approximate surface area is 50.1 Å². The highest BCUT2D eigenvalue weighted by Gasteiger charge is 1.94. The molecule has 1 atom stereocenters. The minimum Gasteiger partial charge on any atom is -0.303 e. The Kier molecular flexibility index (Phi) is 3.97. The minimum atomic E-state index is 0.131. The zero-order valence-electron chi connectivity index (χ0n) is 5.05. The van der Waals surface area contributed by atoms with Gasteiger partial charge in [-0.25, -0.2) is 0 Å². The van der Waals surface area contributed by atoms with Gasteiger partial charge in [0, 0.05) is 12.3 Å². The van der Waals surface area contributed by atoms with Gasteiger partial charge in [0.2, 0.25) is 0 Å². The summed E-state index contributed by atoms with van der Waals surface area (Å²) in [6, 6.07) is 0. The predicted molar refractivity (Wildman–Crippen MR) is 33.3 cm³/mol. The third kappa shape index (κ3) is 3.42. The summed E-state index contributed by atoms with van der Waals surface area (Å²) < 4.78 is 0. The lowest BCUT2D eigenvalue weighted by Crippen LogP contribution is -1.93. The van der Waals surface area contributed by atoms with Crippen molar-refractivity contribution in [2.24, 2.45) is 5.92 Å². The minimum absolute atomic E-state index is 0.131. The van der Waals surface area contributed by atoms with Crippen molar-refractivity contribution in [3.8, 4) is 12.3 Å². The summed E-state index contributed by atoms with van der Waals surface area (Å²) in [7, 11) is 0. The van der Waals surface area contributed by atoms with Crippen LogP contribution in [-0.2, 0) is 4.79 Å². The van der Waals surface area contributed by atoms with Gasteiger partial charge in [-0.05, 0) is 6.42 Å². The van der Waals surface area contributed by atoms with Crippen molar-refractivity contribution in [1.82, 2.24) is 0 Å². The van der Waals surface area contributed by atoms with Gasteiger partial charge in [-0.1, -0.05) is 6.92 Å². The second-order valence-corrected chi connectivity index (χ2v) is 1.86. The Morgan fingerprint density at radius 1 is 1.88 bits per heavy atom. The lowest BCUT2D eigenvalue weighted by Gasteiger charge is -1.94. The van der Waals surface area contributed by atoms with Crippen LogP contribution >= 0.6 is 0 Å². The van der Waals surface area contributed by atoms with E-state index < -0.39 is 0 Å². The maximum atomic E-state index is 9.94. The monoisotopic (exact) mass is 110 g/mol. The molecule has 0 fully saturated rings. The largest absolute Gasteiger partial charge is 0.303 e. The maximum Gasteiger partial charge on any atom is 0.122 e. The lowest BCUT2D eigenvalue weighted by molar-refractivity contribution is -0.110. The zero-order valence-corrected chi connectivity index (χ0v) is 5.05. The molecule has 0 aromatic rings. The van der Waals surface area contributed by atoms with E-state index in [4.69, 9.17) is 6.42 Å². The Balaban J connectivity index is 3.13. The fourth-order valence-corrected chi connectivity index (χ4v) is 0.379. The summed E-state index contributed by atoms with van der Waals surface area (Å²) in [4.78, 5) is 9.94. The first-order valence-corrected chi connectivity index (χ1v) is 2.70. The van der Waals surface area contributed by atoms with Crippen molar-refractivity contribution >= 4 is 6.29 Å². The molecule has 8 heavy (non-hydrogen) atoms. The molecule has 0 spiro atoms. The first-order chi connectivity index (χ1) is 3.81. The molecule has 0 unspecified atom stereocenters. The van der Waals surface area contributed by atoms with E-state index in [9.17, 15) is 4.79 Å². The predicted octanol–water partition coefficient (Wildman–Crippen LogP) is 1.23. The van der Waals surface area contributed by atoms with Crippen LogP contribution in [0.3, 0.4) is 0 Å². The van der Waals surface area contributed by atoms with E-state index in [0.717, 1.165) is 12.7 Å². The van der Waals surface area contributed by atoms with Gasteiger partial charge in [0.05, 0.1) is 0 Å². The molecule has 1 heteroatoms. The summed E-state index contributed by atoms with van der Waals surface area (Å²) in [6.07, 6.45) is 7.42. The molecule has 0 aromatic carbocycles. The van der Waals surface area contributed by atoms with Crippen LogP contribution in [0.5, 0.6) is 0 Å². The number of carbonyl (C=O) groups excluding carboxylic acids is 1. The van der Waals surface area contributed by atoms with Gasteiger partial charge in [-0.3, -0.25) is 0 Å². The number of hydrogen-bond donors (Lipinski definition) is 0. The molecule has 0 saturated heterocycles. The number of hydrogen-bond acceptors (Lipinski definition) is 1. The van der Waals surface area contributed by atoms with Crippen LogP contribution in [0.1, 0.15) is 19.8 Å². The van der Waals surface area contributed by atoms with Crippen molar-refractivity contribution in [3.05, 3.63) is 0 Å². The van der Waals surface area contributed by atoms with Crippen LogP contribution in [0, 0.1) is 18.3 Å². The van der Waals surface area contributed by atoms with Crippen molar-refractivity contribution in [2.75, 3.05) is 0 Å². The van der Waals surface area contributed by atoms with Crippen LogP contribution in [0.15, 0.2) is 0 Å². The van der Waals surface area contributed by atoms with E-state index in [0.29, 0.717) is 6.42 Å². The maximum absolute atomic E-state index is 9.94. The summed E-state index contributed by atoms with van der Waals surface area (Å²) in [6.45, 7) is 1.87. The van der Waals surface area contributed by atoms with Gasteiger partial charge >= 0.3 is 0 Å². The SMILES string of the molecule is C#CCC[C@H](C)C=O. The summed E-state index contributed by atoms with van der Waals surface area (Å²) in [5.41, 5.74) is 0. The molecule has 0 rings (SSSR count). The topological polar surface area (TPSA) is 17.1 Å². The highest BCUT2D eigenvalue weighted by molar-refractivity contribution is 5.52. The zero-order chi connectivity index (χ0) is 6.41. The first kappa shape index (κ1) is 7.23. The molecular weight excluding hydrogens is 100 g/mol. The van der Waals surface area contributed by atoms with Gasteiger partial charge in [0.1, 0.15) is 6.29 Å². The molecule has 0 aliphatic carbocycles. The van der Waals surface area contributed by atoms with Crippen LogP contribution < -0.4 is 0 Å². The second kappa shape index (κ2) is 4.39. The fourth-order valence-electron chi connectivity index (χ4n) is 0.379. The Morgan fingerprint density at radius 2 is 2.50 bits per heavy atom. The van der Waals surface area contributed by atoms with Crippen LogP contribution in [0.4, 0.5) is 0 Å². The van der Waals surface area contributed by atoms with Crippen LogP contribution in [-0.4, -0.2) is 6.29 Å². The number of terminal acetylenes is 1. The summed E-state index contributed by atoms with van der Waals surface area (Å²) in [5, 5.41) is 0. The second-order valence-electron chi connectivity index (χ2n) is 1.86. The van der Waals surface area contributed by atoms with Gasteiger partial charge < -0.3 is 4.79 Å². The quantitative estimate of drug-likeness (QED) is 0.394. The number of rotatable bonds is 3. The average Bonchev–Trinajstić information content (AvgIpc) is 1.83. The molecule has 0 N–H and O–H groups in total. The third-order valence-electron chi connectivity index (χ3n) is 0.976. The molecule has 0 bridgehead atoms. The van der Waals surface area contributed by atoms with E-state index >= 15 is 0 Å². The smallest absolute Gasteiger partial charge is 0.122 e. The van der Waals surface area contributed by atoms with Crippen molar-refractivity contribution in [3.63, 3.8) is 0 Å². The lowest BCUT2D eigenvalue weighted by atomic mass is 10.1. The number of aldehydes is 1. The third-order valence-corrected chi connectivity index (χ3v) is 0.976. The van der Waals surface area contributed by atoms with E-state index in [2.05, 4.69) is 5.92 Å². The Hall–Kier alpha value is -0.770. The molecule has 0 aromatic heterocycles. The van der Waals surface area contributed by atoms with Gasteiger partial charge in [-0.2, -0.15) is 0 Å². The van der Waals surface area contributed by atoms with E-state index in [1.807, 2.05) is 6.92 Å². The van der Waals surface area contributed by atoms with Gasteiger partial charge in [-0.15, -0.1) is 12.3 Å². The molecule has 0 aliphatic rings. The highest BCUT2D eigenvalue weighted by Crippen LogP contribution is 1.98. The highest BCUT2D eigenvalue weighted by atomic mass is 16.1. The first-order valence-electron chi connectivity index (χ1n) is 2.70. The molecule has 0 saturated carbocycles. The Morgan fingerprint density at radius 3 is 2.88 bits per heavy atom. The summed E-state index contributed by atoms with van der Waals surface area (Å²) in [5.74, 6) is 2.60. The Bertz CT molecular complexity index is 99.4. The standard InChI is InChI=1S/C7H10O/c1-3-4-5-7(2)6-8/h1,6-7H,4-5H2,2H3/t7-/m0/s1. The number of carbonyl (C=O) groups is 1. The van der Waals surface area contributed by atoms with E-state index in [-0.39, 0.29) is 5.92 Å².